The van der Waals surface area contributed by atoms with Crippen molar-refractivity contribution in [1.82, 2.24) is 9.97 Å². The zero-order valence-corrected chi connectivity index (χ0v) is 7.92. The minimum absolute atomic E-state index is 0.434. The van der Waals surface area contributed by atoms with Gasteiger partial charge in [-0.3, -0.25) is 9.97 Å². The molecule has 0 unspecified atom stereocenters. The van der Waals surface area contributed by atoms with Gasteiger partial charge in [0.1, 0.15) is 0 Å². The molecule has 0 saturated heterocycles. The van der Waals surface area contributed by atoms with Crippen molar-refractivity contribution in [3.8, 4) is 0 Å². The van der Waals surface area contributed by atoms with Gasteiger partial charge in [0.2, 0.25) is 0 Å². The van der Waals surface area contributed by atoms with Gasteiger partial charge < -0.3 is 4.42 Å². The molecule has 4 heteroatoms. The van der Waals surface area contributed by atoms with E-state index in [4.69, 9.17) is 4.42 Å². The van der Waals surface area contributed by atoms with Crippen molar-refractivity contribution in [3.05, 3.63) is 28.5 Å². The van der Waals surface area contributed by atoms with E-state index in [1.165, 1.54) is 6.20 Å². The molecule has 0 spiro atoms. The van der Waals surface area contributed by atoms with Crippen LogP contribution in [-0.2, 0) is 0 Å². The molecule has 0 radical (unpaired) electrons. The van der Waals surface area contributed by atoms with Gasteiger partial charge in [-0.25, -0.2) is 4.79 Å². The van der Waals surface area contributed by atoms with E-state index in [-0.39, 0.29) is 0 Å². The predicted octanol–water partition coefficient (Wildman–Crippen LogP) is 1.85. The average molecular weight is 180 g/mol. The van der Waals surface area contributed by atoms with Gasteiger partial charge in [0.15, 0.2) is 5.58 Å². The van der Waals surface area contributed by atoms with Gasteiger partial charge in [-0.2, -0.15) is 0 Å². The molecule has 2 aromatic rings. The lowest BCUT2D eigenvalue weighted by molar-refractivity contribution is 0.554. The summed E-state index contributed by atoms with van der Waals surface area (Å²) in [6, 6.07) is 0. The minimum atomic E-state index is -0.434. The van der Waals surface area contributed by atoms with Crippen LogP contribution in [0.25, 0.3) is 11.1 Å². The molecule has 0 aliphatic heterocycles. The van der Waals surface area contributed by atoms with Crippen LogP contribution in [0.2, 0.25) is 0 Å². The largest absolute Gasteiger partial charge is 0.417 e. The molecular weight excluding hydrogens is 168 g/mol. The third kappa shape index (κ3) is 1.77. The van der Waals surface area contributed by atoms with Crippen LogP contribution >= 0.6 is 0 Å². The number of oxazole rings is 1. The second-order valence-corrected chi connectivity index (χ2v) is 2.34. The lowest BCUT2D eigenvalue weighted by Gasteiger charge is -1.88. The molecule has 2 rings (SSSR count). The van der Waals surface area contributed by atoms with Crippen molar-refractivity contribution >= 4 is 11.1 Å². The van der Waals surface area contributed by atoms with Crippen molar-refractivity contribution in [3.63, 3.8) is 0 Å². The van der Waals surface area contributed by atoms with E-state index < -0.39 is 5.76 Å². The summed E-state index contributed by atoms with van der Waals surface area (Å²) in [5, 5.41) is 0. The van der Waals surface area contributed by atoms with Crippen LogP contribution in [0.3, 0.4) is 0 Å². The number of nitrogens with zero attached hydrogens (tertiary/aromatic N) is 1. The zero-order valence-electron chi connectivity index (χ0n) is 7.92. The Morgan fingerprint density at radius 3 is 2.69 bits per heavy atom. The molecule has 0 aliphatic rings. The highest BCUT2D eigenvalue weighted by Crippen LogP contribution is 2.10. The maximum absolute atomic E-state index is 10.7. The van der Waals surface area contributed by atoms with Gasteiger partial charge >= 0.3 is 5.76 Å². The molecule has 0 amide bonds. The second-order valence-electron chi connectivity index (χ2n) is 2.34. The molecule has 0 fully saturated rings. The van der Waals surface area contributed by atoms with Gasteiger partial charge in [-0.05, 0) is 12.5 Å². The van der Waals surface area contributed by atoms with Crippen molar-refractivity contribution < 1.29 is 4.42 Å². The molecule has 4 nitrogen and oxygen atoms in total. The summed E-state index contributed by atoms with van der Waals surface area (Å²) in [6.45, 7) is 5.86. The Bertz CT molecular complexity index is 442. The molecule has 0 saturated carbocycles. The Kier molecular flexibility index (Phi) is 2.84. The highest BCUT2D eigenvalue weighted by Gasteiger charge is 2.01. The van der Waals surface area contributed by atoms with Gasteiger partial charge in [-0.15, -0.1) is 0 Å². The zero-order chi connectivity index (χ0) is 9.84. The summed E-state index contributed by atoms with van der Waals surface area (Å²) in [6.07, 6.45) is 3.19. The van der Waals surface area contributed by atoms with Crippen LogP contribution in [0, 0.1) is 6.92 Å². The third-order valence-electron chi connectivity index (χ3n) is 1.53. The van der Waals surface area contributed by atoms with E-state index in [0.717, 1.165) is 11.1 Å². The Balaban J connectivity index is 0.000000396. The number of H-pyrrole nitrogens is 1. The van der Waals surface area contributed by atoms with E-state index in [1.807, 2.05) is 20.8 Å². The normalized spacial score (nSPS) is 9.46. The molecule has 70 valence electrons. The van der Waals surface area contributed by atoms with Crippen LogP contribution in [-0.4, -0.2) is 9.97 Å². The Hall–Kier alpha value is -1.58. The lowest BCUT2D eigenvalue weighted by Crippen LogP contribution is -1.93. The quantitative estimate of drug-likeness (QED) is 0.673. The van der Waals surface area contributed by atoms with Crippen LogP contribution in [0.5, 0.6) is 0 Å². The number of hydrogen-bond donors (Lipinski definition) is 1. The molecule has 0 aliphatic carbocycles. The van der Waals surface area contributed by atoms with Crippen LogP contribution < -0.4 is 5.76 Å². The summed E-state index contributed by atoms with van der Waals surface area (Å²) in [5.41, 5.74) is 2.15. The first-order valence-electron chi connectivity index (χ1n) is 4.21. The third-order valence-corrected chi connectivity index (χ3v) is 1.53. The van der Waals surface area contributed by atoms with Crippen LogP contribution in [0.4, 0.5) is 0 Å². The number of rotatable bonds is 0. The molecule has 2 heterocycles. The van der Waals surface area contributed by atoms with Crippen molar-refractivity contribution in [2.24, 2.45) is 0 Å². The summed E-state index contributed by atoms with van der Waals surface area (Å²) in [4.78, 5) is 17.1. The average Bonchev–Trinajstić information content (AvgIpc) is 2.51. The standard InChI is InChI=1S/C7H6N2O2.C2H6/c1-4-2-8-3-5-6(4)9-7(10)11-5;1-2/h2-3H,1H3,(H,9,10);1-2H3. The monoisotopic (exact) mass is 180 g/mol. The maximum Gasteiger partial charge on any atom is 0.417 e. The highest BCUT2D eigenvalue weighted by atomic mass is 16.4. The highest BCUT2D eigenvalue weighted by molar-refractivity contribution is 5.74. The van der Waals surface area contributed by atoms with E-state index in [9.17, 15) is 4.79 Å². The number of aromatic nitrogens is 2. The van der Waals surface area contributed by atoms with E-state index >= 15 is 0 Å². The second kappa shape index (κ2) is 3.89. The molecular formula is C9H12N2O2. The fourth-order valence-corrected chi connectivity index (χ4v) is 1.01. The molecule has 2 aromatic heterocycles. The van der Waals surface area contributed by atoms with Crippen LogP contribution in [0.15, 0.2) is 21.6 Å². The summed E-state index contributed by atoms with van der Waals surface area (Å²) >= 11 is 0. The fourth-order valence-electron chi connectivity index (χ4n) is 1.01. The molecule has 0 bridgehead atoms. The molecule has 0 aromatic carbocycles. The first-order chi connectivity index (χ1) is 6.27. The van der Waals surface area contributed by atoms with E-state index in [1.54, 1.807) is 6.20 Å². The smallest absolute Gasteiger partial charge is 0.406 e. The van der Waals surface area contributed by atoms with Gasteiger partial charge in [-0.1, -0.05) is 13.8 Å². The van der Waals surface area contributed by atoms with Gasteiger partial charge in [0, 0.05) is 6.20 Å². The summed E-state index contributed by atoms with van der Waals surface area (Å²) in [5.74, 6) is -0.434. The SMILES string of the molecule is CC.Cc1cncc2oc(=O)[nH]c12. The van der Waals surface area contributed by atoms with Crippen molar-refractivity contribution in [2.45, 2.75) is 20.8 Å². The van der Waals surface area contributed by atoms with Crippen molar-refractivity contribution in [2.75, 3.05) is 0 Å². The summed E-state index contributed by atoms with van der Waals surface area (Å²) in [7, 11) is 0. The first kappa shape index (κ1) is 9.51. The number of nitrogens with one attached hydrogen (secondary N) is 1. The Labute approximate surface area is 75.6 Å². The van der Waals surface area contributed by atoms with E-state index in [0.29, 0.717) is 5.58 Å². The topological polar surface area (TPSA) is 58.9 Å². The van der Waals surface area contributed by atoms with Gasteiger partial charge in [0.05, 0.1) is 11.7 Å². The summed E-state index contributed by atoms with van der Waals surface area (Å²) < 4.78 is 4.78. The Morgan fingerprint density at radius 1 is 1.38 bits per heavy atom. The number of aryl methyl sites for hydroxylation is 1. The number of fused-ring (bicyclic) bond motifs is 1. The maximum atomic E-state index is 10.7. The number of pyridine rings is 1. The fraction of sp³-hybridized carbons (Fsp3) is 0.333. The predicted molar refractivity (Wildman–Crippen MR) is 50.7 cm³/mol. The molecule has 1 N–H and O–H groups in total. The minimum Gasteiger partial charge on any atom is -0.406 e. The van der Waals surface area contributed by atoms with Crippen LogP contribution in [0.1, 0.15) is 19.4 Å². The first-order valence-corrected chi connectivity index (χ1v) is 4.21. The van der Waals surface area contributed by atoms with Gasteiger partial charge in [0.25, 0.3) is 0 Å². The molecule has 13 heavy (non-hydrogen) atoms. The van der Waals surface area contributed by atoms with E-state index in [2.05, 4.69) is 9.97 Å². The Morgan fingerprint density at radius 2 is 2.08 bits per heavy atom. The van der Waals surface area contributed by atoms with Crippen molar-refractivity contribution in [1.29, 1.82) is 0 Å². The lowest BCUT2D eigenvalue weighted by atomic mass is 10.3. The number of aromatic amines is 1. The number of hydrogen-bond acceptors (Lipinski definition) is 3. The molecule has 0 atom stereocenters.